The van der Waals surface area contributed by atoms with E-state index in [4.69, 9.17) is 5.73 Å². The molecular weight excluding hydrogens is 326 g/mol. The Balaban J connectivity index is 0.00000441. The Kier molecular flexibility index (Phi) is 9.08. The largest absolute Gasteiger partial charge is 0.325 e. The van der Waals surface area contributed by atoms with E-state index < -0.39 is 16.1 Å². The van der Waals surface area contributed by atoms with Gasteiger partial charge in [0.15, 0.2) is 0 Å². The normalized spacial score (nSPS) is 12.1. The molecule has 0 spiro atoms. The zero-order valence-electron chi connectivity index (χ0n) is 12.8. The van der Waals surface area contributed by atoms with Crippen molar-refractivity contribution in [1.82, 2.24) is 0 Å². The molecule has 126 valence electrons. The summed E-state index contributed by atoms with van der Waals surface area (Å²) in [6, 6.07) is 6.01. The fourth-order valence-electron chi connectivity index (χ4n) is 1.84. The Morgan fingerprint density at radius 2 is 1.86 bits per heavy atom. The van der Waals surface area contributed by atoms with Gasteiger partial charge in [0.25, 0.3) is 0 Å². The van der Waals surface area contributed by atoms with Crippen LogP contribution in [0.1, 0.15) is 33.1 Å². The molecule has 0 aromatic heterocycles. The van der Waals surface area contributed by atoms with Crippen molar-refractivity contribution in [2.45, 2.75) is 39.2 Å². The Bertz CT molecular complexity index is 578. The van der Waals surface area contributed by atoms with Crippen LogP contribution in [0.25, 0.3) is 0 Å². The van der Waals surface area contributed by atoms with Gasteiger partial charge in [-0.3, -0.25) is 9.52 Å². The van der Waals surface area contributed by atoms with Gasteiger partial charge < -0.3 is 11.1 Å². The van der Waals surface area contributed by atoms with Gasteiger partial charge in [-0.25, -0.2) is 8.42 Å². The lowest BCUT2D eigenvalue weighted by molar-refractivity contribution is -0.117. The Labute approximate surface area is 138 Å². The summed E-state index contributed by atoms with van der Waals surface area (Å²) >= 11 is 0. The second-order valence-electron chi connectivity index (χ2n) is 4.89. The zero-order chi connectivity index (χ0) is 15.9. The van der Waals surface area contributed by atoms with Crippen LogP contribution >= 0.6 is 12.4 Å². The Morgan fingerprint density at radius 3 is 2.45 bits per heavy atom. The molecule has 1 atom stereocenters. The molecule has 1 aromatic carbocycles. The quantitative estimate of drug-likeness (QED) is 0.670. The van der Waals surface area contributed by atoms with E-state index in [0.717, 1.165) is 6.42 Å². The molecule has 0 saturated carbocycles. The first-order valence-electron chi connectivity index (χ1n) is 7.05. The third kappa shape index (κ3) is 7.11. The van der Waals surface area contributed by atoms with Crippen LogP contribution in [0.15, 0.2) is 24.3 Å². The number of anilines is 2. The van der Waals surface area contributed by atoms with Gasteiger partial charge >= 0.3 is 0 Å². The van der Waals surface area contributed by atoms with Gasteiger partial charge in [-0.15, -0.1) is 12.4 Å². The first-order chi connectivity index (χ1) is 9.88. The van der Waals surface area contributed by atoms with Crippen LogP contribution in [0.5, 0.6) is 0 Å². The van der Waals surface area contributed by atoms with E-state index in [1.54, 1.807) is 31.2 Å². The predicted molar refractivity (Wildman–Crippen MR) is 92.9 cm³/mol. The predicted octanol–water partition coefficient (Wildman–Crippen LogP) is 2.33. The molecule has 0 aliphatic carbocycles. The first-order valence-corrected chi connectivity index (χ1v) is 8.70. The van der Waals surface area contributed by atoms with Crippen LogP contribution in [-0.4, -0.2) is 26.1 Å². The molecule has 1 aromatic rings. The second kappa shape index (κ2) is 9.66. The van der Waals surface area contributed by atoms with Crippen molar-refractivity contribution in [2.24, 2.45) is 5.73 Å². The summed E-state index contributed by atoms with van der Waals surface area (Å²) < 4.78 is 25.9. The number of hydrogen-bond donors (Lipinski definition) is 3. The number of nitrogens with one attached hydrogen (secondary N) is 2. The zero-order valence-corrected chi connectivity index (χ0v) is 14.5. The van der Waals surface area contributed by atoms with Gasteiger partial charge in [0, 0.05) is 5.69 Å². The number of nitrogens with two attached hydrogens (primary N) is 1. The van der Waals surface area contributed by atoms with E-state index in [-0.39, 0.29) is 24.1 Å². The third-order valence-corrected chi connectivity index (χ3v) is 4.31. The summed E-state index contributed by atoms with van der Waals surface area (Å²) in [5, 5.41) is 2.69. The molecule has 0 aliphatic heterocycles. The van der Waals surface area contributed by atoms with Gasteiger partial charge in [0.2, 0.25) is 15.9 Å². The summed E-state index contributed by atoms with van der Waals surface area (Å²) in [5.74, 6) is -0.212. The van der Waals surface area contributed by atoms with Gasteiger partial charge in [0.05, 0.1) is 17.5 Å². The number of carbonyl (C=O) groups is 1. The lowest BCUT2D eigenvalue weighted by atomic mass is 10.1. The fraction of sp³-hybridized carbons (Fsp3) is 0.500. The van der Waals surface area contributed by atoms with E-state index in [2.05, 4.69) is 10.0 Å². The number of halogens is 1. The van der Waals surface area contributed by atoms with Crippen LogP contribution in [0, 0.1) is 0 Å². The minimum Gasteiger partial charge on any atom is -0.325 e. The van der Waals surface area contributed by atoms with Crippen molar-refractivity contribution in [3.63, 3.8) is 0 Å². The Hall–Kier alpha value is -1.31. The number of hydrogen-bond acceptors (Lipinski definition) is 4. The van der Waals surface area contributed by atoms with Crippen LogP contribution < -0.4 is 15.8 Å². The van der Waals surface area contributed by atoms with E-state index in [9.17, 15) is 13.2 Å². The molecule has 0 radical (unpaired) electrons. The van der Waals surface area contributed by atoms with E-state index >= 15 is 0 Å². The molecule has 0 fully saturated rings. The first kappa shape index (κ1) is 20.7. The number of benzene rings is 1. The maximum atomic E-state index is 11.8. The van der Waals surface area contributed by atoms with E-state index in [1.165, 1.54) is 0 Å². The van der Waals surface area contributed by atoms with Crippen LogP contribution in [0.2, 0.25) is 0 Å². The number of carbonyl (C=O) groups excluding carboxylic acids is 1. The summed E-state index contributed by atoms with van der Waals surface area (Å²) in [7, 11) is -3.34. The highest BCUT2D eigenvalue weighted by Gasteiger charge is 2.13. The smallest absolute Gasteiger partial charge is 0.241 e. The van der Waals surface area contributed by atoms with E-state index in [1.807, 2.05) is 6.92 Å². The summed E-state index contributed by atoms with van der Waals surface area (Å²) in [6.45, 7) is 3.75. The highest BCUT2D eigenvalue weighted by molar-refractivity contribution is 7.92. The average Bonchev–Trinajstić information content (AvgIpc) is 2.38. The molecule has 4 N–H and O–H groups in total. The van der Waals surface area contributed by atoms with Crippen molar-refractivity contribution in [3.05, 3.63) is 24.3 Å². The minimum absolute atomic E-state index is 0. The third-order valence-electron chi connectivity index (χ3n) is 2.81. The molecule has 0 aliphatic rings. The maximum absolute atomic E-state index is 11.8. The summed E-state index contributed by atoms with van der Waals surface area (Å²) in [5.41, 5.74) is 6.67. The van der Waals surface area contributed by atoms with Crippen LogP contribution in [0.4, 0.5) is 11.4 Å². The monoisotopic (exact) mass is 349 g/mol. The maximum Gasteiger partial charge on any atom is 0.241 e. The van der Waals surface area contributed by atoms with Crippen molar-refractivity contribution >= 4 is 39.7 Å². The number of rotatable bonds is 8. The van der Waals surface area contributed by atoms with Crippen molar-refractivity contribution in [2.75, 3.05) is 15.8 Å². The lowest BCUT2D eigenvalue weighted by Crippen LogP contribution is -2.35. The number of sulfonamides is 1. The molecule has 0 heterocycles. The molecule has 1 amide bonds. The SMILES string of the molecule is CCCC(N)C(=O)Nc1cccc(NS(=O)(=O)CCC)c1.Cl. The number of amides is 1. The standard InChI is InChI=1S/C14H23N3O3S.ClH/c1-3-6-13(15)14(18)16-11-7-5-8-12(10-11)17-21(19,20)9-4-2;/h5,7-8,10,13,17H,3-4,6,9,15H2,1-2H3,(H,16,18);1H. The molecule has 1 unspecified atom stereocenters. The van der Waals surface area contributed by atoms with Crippen molar-refractivity contribution in [1.29, 1.82) is 0 Å². The molecule has 0 bridgehead atoms. The van der Waals surface area contributed by atoms with Gasteiger partial charge in [-0.2, -0.15) is 0 Å². The summed E-state index contributed by atoms with van der Waals surface area (Å²) in [4.78, 5) is 11.8. The second-order valence-corrected chi connectivity index (χ2v) is 6.73. The minimum atomic E-state index is -3.34. The van der Waals surface area contributed by atoms with Crippen molar-refractivity contribution in [3.8, 4) is 0 Å². The molecule has 8 heteroatoms. The van der Waals surface area contributed by atoms with Crippen LogP contribution in [0.3, 0.4) is 0 Å². The molecule has 6 nitrogen and oxygen atoms in total. The highest BCUT2D eigenvalue weighted by atomic mass is 35.5. The molecule has 22 heavy (non-hydrogen) atoms. The highest BCUT2D eigenvalue weighted by Crippen LogP contribution is 2.17. The van der Waals surface area contributed by atoms with Gasteiger partial charge in [0.1, 0.15) is 0 Å². The average molecular weight is 350 g/mol. The molecular formula is C14H24ClN3O3S. The Morgan fingerprint density at radius 1 is 1.23 bits per heavy atom. The van der Waals surface area contributed by atoms with E-state index in [0.29, 0.717) is 24.2 Å². The molecule has 1 rings (SSSR count). The fourth-order valence-corrected chi connectivity index (χ4v) is 2.96. The van der Waals surface area contributed by atoms with Gasteiger partial charge in [-0.1, -0.05) is 26.3 Å². The lowest BCUT2D eigenvalue weighted by Gasteiger charge is -2.12. The molecule has 0 saturated heterocycles. The van der Waals surface area contributed by atoms with Crippen LogP contribution in [-0.2, 0) is 14.8 Å². The summed E-state index contributed by atoms with van der Waals surface area (Å²) in [6.07, 6.45) is 1.97. The van der Waals surface area contributed by atoms with Crippen molar-refractivity contribution < 1.29 is 13.2 Å². The van der Waals surface area contributed by atoms with Gasteiger partial charge in [-0.05, 0) is 31.0 Å². The topological polar surface area (TPSA) is 101 Å².